The lowest BCUT2D eigenvalue weighted by Crippen LogP contribution is -2.41. The Morgan fingerprint density at radius 2 is 1.68 bits per heavy atom. The van der Waals surface area contributed by atoms with Gasteiger partial charge in [-0.3, -0.25) is 9.59 Å². The average Bonchev–Trinajstić information content (AvgIpc) is 2.23. The normalized spacial score (nSPS) is 12.4. The molecule has 0 bridgehead atoms. The predicted molar refractivity (Wildman–Crippen MR) is 76.7 cm³/mol. The Kier molecular flexibility index (Phi) is 6.53. The molecule has 0 aromatic carbocycles. The molecule has 0 saturated carbocycles. The van der Waals surface area contributed by atoms with Crippen molar-refractivity contribution >= 4 is 11.9 Å². The van der Waals surface area contributed by atoms with Gasteiger partial charge in [0.25, 0.3) is 0 Å². The van der Waals surface area contributed by atoms with Crippen LogP contribution >= 0.6 is 0 Å². The summed E-state index contributed by atoms with van der Waals surface area (Å²) in [5.41, 5.74) is -0.752. The minimum Gasteiger partial charge on any atom is -0.469 e. The number of hydrogen-bond acceptors (Lipinski definition) is 3. The molecule has 112 valence electrons. The summed E-state index contributed by atoms with van der Waals surface area (Å²) in [7, 11) is 1.39. The Bertz CT molecular complexity index is 319. The second-order valence-electron chi connectivity index (χ2n) is 7.08. The van der Waals surface area contributed by atoms with Crippen LogP contribution in [0.1, 0.15) is 54.4 Å². The molecular weight excluding hydrogens is 242 g/mol. The highest BCUT2D eigenvalue weighted by Crippen LogP contribution is 2.36. The van der Waals surface area contributed by atoms with Gasteiger partial charge in [0.15, 0.2) is 0 Å². The summed E-state index contributed by atoms with van der Waals surface area (Å²) in [4.78, 5) is 23.6. The molecule has 1 amide bonds. The van der Waals surface area contributed by atoms with Gasteiger partial charge in [0.05, 0.1) is 13.5 Å². The first-order valence-corrected chi connectivity index (χ1v) is 6.85. The van der Waals surface area contributed by atoms with Gasteiger partial charge in [-0.1, -0.05) is 41.5 Å². The summed E-state index contributed by atoms with van der Waals surface area (Å²) in [6.45, 7) is 12.6. The molecule has 0 aliphatic rings. The average molecular weight is 271 g/mol. The molecule has 0 aliphatic heterocycles. The van der Waals surface area contributed by atoms with Gasteiger partial charge in [0.1, 0.15) is 0 Å². The van der Waals surface area contributed by atoms with E-state index in [9.17, 15) is 9.59 Å². The van der Waals surface area contributed by atoms with Crippen LogP contribution in [0.2, 0.25) is 0 Å². The molecule has 0 fully saturated rings. The highest BCUT2D eigenvalue weighted by atomic mass is 16.5. The second kappa shape index (κ2) is 6.92. The van der Waals surface area contributed by atoms with Crippen molar-refractivity contribution in [3.05, 3.63) is 0 Å². The Hall–Kier alpha value is -1.06. The zero-order valence-corrected chi connectivity index (χ0v) is 13.4. The third-order valence-electron chi connectivity index (χ3n) is 3.06. The van der Waals surface area contributed by atoms with Crippen LogP contribution in [0.15, 0.2) is 0 Å². The summed E-state index contributed by atoms with van der Waals surface area (Å²) in [6, 6.07) is 0. The van der Waals surface area contributed by atoms with E-state index in [1.807, 2.05) is 27.7 Å². The van der Waals surface area contributed by atoms with Crippen molar-refractivity contribution in [2.45, 2.75) is 54.4 Å². The third-order valence-corrected chi connectivity index (χ3v) is 3.06. The van der Waals surface area contributed by atoms with Crippen LogP contribution in [0.5, 0.6) is 0 Å². The number of rotatable bonds is 7. The molecule has 0 aromatic rings. The highest BCUT2D eigenvalue weighted by molar-refractivity contribution is 5.82. The molecule has 0 heterocycles. The molecule has 0 atom stereocenters. The monoisotopic (exact) mass is 271 g/mol. The highest BCUT2D eigenvalue weighted by Gasteiger charge is 2.35. The maximum absolute atomic E-state index is 12.2. The van der Waals surface area contributed by atoms with Crippen molar-refractivity contribution in [1.82, 2.24) is 5.32 Å². The van der Waals surface area contributed by atoms with Crippen molar-refractivity contribution in [2.24, 2.45) is 16.7 Å². The first-order valence-electron chi connectivity index (χ1n) is 6.85. The largest absolute Gasteiger partial charge is 0.469 e. The van der Waals surface area contributed by atoms with E-state index < -0.39 is 5.41 Å². The lowest BCUT2D eigenvalue weighted by atomic mass is 9.73. The second-order valence-corrected chi connectivity index (χ2v) is 7.08. The van der Waals surface area contributed by atoms with Gasteiger partial charge in [-0.15, -0.1) is 0 Å². The van der Waals surface area contributed by atoms with Crippen LogP contribution in [0, 0.1) is 16.7 Å². The van der Waals surface area contributed by atoms with E-state index in [4.69, 9.17) is 4.74 Å². The van der Waals surface area contributed by atoms with Crippen molar-refractivity contribution in [3.8, 4) is 0 Å². The number of methoxy groups -OCH3 is 1. The van der Waals surface area contributed by atoms with E-state index in [2.05, 4.69) is 19.2 Å². The minimum absolute atomic E-state index is 0.0409. The predicted octanol–water partition coefficient (Wildman–Crippen LogP) is 2.76. The molecule has 4 heteroatoms. The lowest BCUT2D eigenvalue weighted by molar-refractivity contribution is -0.144. The number of carbonyl (C=O) groups excluding carboxylic acids is 2. The summed E-state index contributed by atoms with van der Waals surface area (Å²) >= 11 is 0. The third kappa shape index (κ3) is 7.19. The Balaban J connectivity index is 4.56. The molecule has 0 unspecified atom stereocenters. The van der Waals surface area contributed by atoms with Crippen LogP contribution in [0.3, 0.4) is 0 Å². The van der Waals surface area contributed by atoms with E-state index in [1.165, 1.54) is 7.11 Å². The van der Waals surface area contributed by atoms with Crippen molar-refractivity contribution in [2.75, 3.05) is 13.7 Å². The molecule has 0 radical (unpaired) electrons. The number of carbonyl (C=O) groups is 2. The van der Waals surface area contributed by atoms with Crippen molar-refractivity contribution < 1.29 is 14.3 Å². The summed E-state index contributed by atoms with van der Waals surface area (Å²) < 4.78 is 4.70. The van der Waals surface area contributed by atoms with Crippen LogP contribution in [0.4, 0.5) is 0 Å². The van der Waals surface area contributed by atoms with Gasteiger partial charge in [-0.05, 0) is 17.8 Å². The summed E-state index contributed by atoms with van der Waals surface area (Å²) in [5, 5.41) is 2.96. The Labute approximate surface area is 117 Å². The zero-order chi connectivity index (χ0) is 15.3. The van der Waals surface area contributed by atoms with Crippen molar-refractivity contribution in [3.63, 3.8) is 0 Å². The maximum atomic E-state index is 12.2. The van der Waals surface area contributed by atoms with Crippen LogP contribution in [-0.2, 0) is 14.3 Å². The smallest absolute Gasteiger partial charge is 0.306 e. The van der Waals surface area contributed by atoms with Crippen molar-refractivity contribution in [1.29, 1.82) is 0 Å². The maximum Gasteiger partial charge on any atom is 0.306 e. The number of ether oxygens (including phenoxy) is 1. The molecule has 0 spiro atoms. The van der Waals surface area contributed by atoms with Gasteiger partial charge in [-0.25, -0.2) is 0 Å². The van der Waals surface area contributed by atoms with Gasteiger partial charge in [-0.2, -0.15) is 0 Å². The number of amides is 1. The molecule has 0 aromatic heterocycles. The molecule has 4 nitrogen and oxygen atoms in total. The SMILES string of the molecule is COC(=O)CC(C)(C)CC(C)(C)C(=O)NCC(C)C. The fraction of sp³-hybridized carbons (Fsp3) is 0.867. The van der Waals surface area contributed by atoms with Crippen LogP contribution < -0.4 is 5.32 Å². The quantitative estimate of drug-likeness (QED) is 0.724. The van der Waals surface area contributed by atoms with E-state index in [-0.39, 0.29) is 17.3 Å². The van der Waals surface area contributed by atoms with E-state index in [0.29, 0.717) is 25.3 Å². The first kappa shape index (κ1) is 17.9. The Morgan fingerprint density at radius 3 is 2.11 bits per heavy atom. The molecule has 0 rings (SSSR count). The molecule has 1 N–H and O–H groups in total. The fourth-order valence-electron chi connectivity index (χ4n) is 2.34. The number of esters is 1. The summed E-state index contributed by atoms with van der Waals surface area (Å²) in [5.74, 6) is 0.241. The minimum atomic E-state index is -0.494. The standard InChI is InChI=1S/C15H29NO3/c1-11(2)9-16-13(18)15(5,6)10-14(3,4)8-12(17)19-7/h11H,8-10H2,1-7H3,(H,16,18). The van der Waals surface area contributed by atoms with E-state index >= 15 is 0 Å². The molecule has 0 saturated heterocycles. The van der Waals surface area contributed by atoms with E-state index in [0.717, 1.165) is 0 Å². The van der Waals surface area contributed by atoms with Gasteiger partial charge < -0.3 is 10.1 Å². The lowest BCUT2D eigenvalue weighted by Gasteiger charge is -2.33. The van der Waals surface area contributed by atoms with Gasteiger partial charge >= 0.3 is 5.97 Å². The van der Waals surface area contributed by atoms with Crippen LogP contribution in [0.25, 0.3) is 0 Å². The topological polar surface area (TPSA) is 55.4 Å². The molecule has 0 aliphatic carbocycles. The Morgan fingerprint density at radius 1 is 1.16 bits per heavy atom. The number of nitrogens with one attached hydrogen (secondary N) is 1. The number of hydrogen-bond donors (Lipinski definition) is 1. The fourth-order valence-corrected chi connectivity index (χ4v) is 2.34. The molecule has 19 heavy (non-hydrogen) atoms. The van der Waals surface area contributed by atoms with Gasteiger partial charge in [0, 0.05) is 12.0 Å². The van der Waals surface area contributed by atoms with Crippen LogP contribution in [-0.4, -0.2) is 25.5 Å². The molecular formula is C15H29NO3. The zero-order valence-electron chi connectivity index (χ0n) is 13.4. The summed E-state index contributed by atoms with van der Waals surface area (Å²) in [6.07, 6.45) is 0.962. The van der Waals surface area contributed by atoms with Gasteiger partial charge in [0.2, 0.25) is 5.91 Å². The first-order chi connectivity index (χ1) is 8.50. The van der Waals surface area contributed by atoms with E-state index in [1.54, 1.807) is 0 Å².